The van der Waals surface area contributed by atoms with Gasteiger partial charge in [0.15, 0.2) is 0 Å². The van der Waals surface area contributed by atoms with Crippen LogP contribution < -0.4 is 11.0 Å². The van der Waals surface area contributed by atoms with Gasteiger partial charge in [-0.25, -0.2) is 10.1 Å². The SMILES string of the molecule is COC(=O)Cc1[nH]n(-c2ccc([N+](=O)[O-])cc2)c(=O)c1C(C)=NNC(=O)CC(C)C. The first kappa shape index (κ1) is 22.5. The molecule has 0 saturated heterocycles. The van der Waals surface area contributed by atoms with Crippen LogP contribution in [0, 0.1) is 16.0 Å². The third kappa shape index (κ3) is 5.40. The Kier molecular flexibility index (Phi) is 7.23. The van der Waals surface area contributed by atoms with E-state index in [1.165, 1.54) is 38.3 Å². The molecule has 0 spiro atoms. The molecule has 1 aromatic heterocycles. The zero-order valence-corrected chi connectivity index (χ0v) is 17.1. The van der Waals surface area contributed by atoms with Crippen LogP contribution in [0.1, 0.15) is 38.4 Å². The Labute approximate surface area is 171 Å². The quantitative estimate of drug-likeness (QED) is 0.289. The van der Waals surface area contributed by atoms with Crippen LogP contribution in [-0.2, 0) is 20.7 Å². The van der Waals surface area contributed by atoms with E-state index in [0.717, 1.165) is 4.68 Å². The summed E-state index contributed by atoms with van der Waals surface area (Å²) in [6.07, 6.45) is 0.0415. The van der Waals surface area contributed by atoms with Gasteiger partial charge in [-0.3, -0.25) is 29.6 Å². The number of rotatable bonds is 8. The molecule has 2 rings (SSSR count). The van der Waals surface area contributed by atoms with Crippen molar-refractivity contribution in [1.82, 2.24) is 15.2 Å². The number of amides is 1. The second-order valence-electron chi connectivity index (χ2n) is 6.96. The number of nitro benzene ring substituents is 1. The molecule has 11 heteroatoms. The Morgan fingerprint density at radius 3 is 2.47 bits per heavy atom. The molecule has 1 amide bonds. The highest BCUT2D eigenvalue weighted by Gasteiger charge is 2.21. The fourth-order valence-corrected chi connectivity index (χ4v) is 2.72. The molecule has 0 saturated carbocycles. The summed E-state index contributed by atoms with van der Waals surface area (Å²) in [5, 5.41) is 17.6. The Balaban J connectivity index is 2.47. The third-order valence-electron chi connectivity index (χ3n) is 4.14. The minimum absolute atomic E-state index is 0.101. The lowest BCUT2D eigenvalue weighted by Gasteiger charge is -2.04. The lowest BCUT2D eigenvalue weighted by Crippen LogP contribution is -2.24. The highest BCUT2D eigenvalue weighted by molar-refractivity contribution is 6.00. The molecule has 1 aromatic carbocycles. The van der Waals surface area contributed by atoms with Crippen molar-refractivity contribution < 1.29 is 19.2 Å². The fraction of sp³-hybridized carbons (Fsp3) is 0.368. The molecule has 0 aliphatic rings. The number of hydrogen-bond donors (Lipinski definition) is 2. The number of carbonyl (C=O) groups is 2. The van der Waals surface area contributed by atoms with E-state index < -0.39 is 16.5 Å². The van der Waals surface area contributed by atoms with E-state index in [2.05, 4.69) is 20.4 Å². The molecule has 0 unspecified atom stereocenters. The van der Waals surface area contributed by atoms with Crippen molar-refractivity contribution in [1.29, 1.82) is 0 Å². The Bertz CT molecular complexity index is 1030. The van der Waals surface area contributed by atoms with Gasteiger partial charge in [-0.15, -0.1) is 0 Å². The number of aromatic nitrogens is 2. The molecular formula is C19H23N5O6. The van der Waals surface area contributed by atoms with Crippen molar-refractivity contribution in [3.8, 4) is 5.69 Å². The monoisotopic (exact) mass is 417 g/mol. The van der Waals surface area contributed by atoms with Gasteiger partial charge in [0.1, 0.15) is 0 Å². The normalized spacial score (nSPS) is 11.4. The zero-order valence-electron chi connectivity index (χ0n) is 17.1. The van der Waals surface area contributed by atoms with Crippen LogP contribution in [0.3, 0.4) is 0 Å². The molecule has 0 aliphatic heterocycles. The lowest BCUT2D eigenvalue weighted by molar-refractivity contribution is -0.384. The molecule has 0 bridgehead atoms. The number of non-ortho nitro benzene ring substituents is 1. The number of nitro groups is 1. The number of benzene rings is 1. The fourth-order valence-electron chi connectivity index (χ4n) is 2.72. The highest BCUT2D eigenvalue weighted by Crippen LogP contribution is 2.15. The Morgan fingerprint density at radius 1 is 1.30 bits per heavy atom. The van der Waals surface area contributed by atoms with Gasteiger partial charge in [0, 0.05) is 18.6 Å². The summed E-state index contributed by atoms with van der Waals surface area (Å²) in [6, 6.07) is 5.32. The molecule has 11 nitrogen and oxygen atoms in total. The minimum atomic E-state index is -0.579. The Morgan fingerprint density at radius 2 is 1.93 bits per heavy atom. The van der Waals surface area contributed by atoms with Gasteiger partial charge < -0.3 is 4.74 Å². The first-order valence-electron chi connectivity index (χ1n) is 9.13. The number of aromatic amines is 1. The van der Waals surface area contributed by atoms with Crippen LogP contribution in [-0.4, -0.2) is 39.4 Å². The maximum atomic E-state index is 13.0. The van der Waals surface area contributed by atoms with Gasteiger partial charge >= 0.3 is 5.97 Å². The van der Waals surface area contributed by atoms with E-state index >= 15 is 0 Å². The Hall–Kier alpha value is -3.76. The van der Waals surface area contributed by atoms with Crippen LogP contribution in [0.4, 0.5) is 5.69 Å². The molecule has 0 atom stereocenters. The molecule has 0 fully saturated rings. The van der Waals surface area contributed by atoms with E-state index in [1.54, 1.807) is 0 Å². The molecule has 2 aromatic rings. The number of carbonyl (C=O) groups excluding carboxylic acids is 2. The van der Waals surface area contributed by atoms with Crippen LogP contribution in [0.5, 0.6) is 0 Å². The number of esters is 1. The first-order chi connectivity index (χ1) is 14.1. The summed E-state index contributed by atoms with van der Waals surface area (Å²) >= 11 is 0. The van der Waals surface area contributed by atoms with Gasteiger partial charge in [-0.05, 0) is 25.0 Å². The summed E-state index contributed by atoms with van der Waals surface area (Å²) in [7, 11) is 1.22. The van der Waals surface area contributed by atoms with Crippen LogP contribution in [0.15, 0.2) is 34.2 Å². The largest absolute Gasteiger partial charge is 0.469 e. The molecular weight excluding hydrogens is 394 g/mol. The van der Waals surface area contributed by atoms with Crippen molar-refractivity contribution in [3.63, 3.8) is 0 Å². The lowest BCUT2D eigenvalue weighted by atomic mass is 10.1. The second-order valence-corrected chi connectivity index (χ2v) is 6.96. The number of H-pyrrole nitrogens is 1. The topological polar surface area (TPSA) is 149 Å². The van der Waals surface area contributed by atoms with Gasteiger partial charge in [0.2, 0.25) is 5.91 Å². The van der Waals surface area contributed by atoms with Crippen LogP contribution >= 0.6 is 0 Å². The van der Waals surface area contributed by atoms with Crippen molar-refractivity contribution >= 4 is 23.3 Å². The summed E-state index contributed by atoms with van der Waals surface area (Å²) in [6.45, 7) is 5.31. The zero-order chi connectivity index (χ0) is 22.4. The molecule has 0 aliphatic carbocycles. The molecule has 2 N–H and O–H groups in total. The molecule has 0 radical (unpaired) electrons. The predicted octanol–water partition coefficient (Wildman–Crippen LogP) is 1.68. The van der Waals surface area contributed by atoms with E-state index in [1.807, 2.05) is 13.8 Å². The van der Waals surface area contributed by atoms with Crippen LogP contribution in [0.2, 0.25) is 0 Å². The predicted molar refractivity (Wildman–Crippen MR) is 109 cm³/mol. The second kappa shape index (κ2) is 9.63. The number of hydrazone groups is 1. The minimum Gasteiger partial charge on any atom is -0.469 e. The maximum absolute atomic E-state index is 13.0. The van der Waals surface area contributed by atoms with Crippen LogP contribution in [0.25, 0.3) is 5.69 Å². The average molecular weight is 417 g/mol. The van der Waals surface area contributed by atoms with Gasteiger partial charge in [0.05, 0.1) is 41.1 Å². The third-order valence-corrected chi connectivity index (χ3v) is 4.14. The van der Waals surface area contributed by atoms with E-state index in [9.17, 15) is 24.5 Å². The molecule has 160 valence electrons. The van der Waals surface area contributed by atoms with E-state index in [-0.39, 0.29) is 47.3 Å². The highest BCUT2D eigenvalue weighted by atomic mass is 16.6. The molecule has 30 heavy (non-hydrogen) atoms. The van der Waals surface area contributed by atoms with Gasteiger partial charge in [-0.2, -0.15) is 5.10 Å². The summed E-state index contributed by atoms with van der Waals surface area (Å²) < 4.78 is 5.82. The first-order valence-corrected chi connectivity index (χ1v) is 9.13. The van der Waals surface area contributed by atoms with Gasteiger partial charge in [0.25, 0.3) is 11.2 Å². The number of methoxy groups -OCH3 is 1. The summed E-state index contributed by atoms with van der Waals surface area (Å²) in [5.41, 5.74) is 2.62. The number of nitrogens with one attached hydrogen (secondary N) is 2. The smallest absolute Gasteiger partial charge is 0.311 e. The van der Waals surface area contributed by atoms with Crippen molar-refractivity contribution in [3.05, 3.63) is 56.0 Å². The van der Waals surface area contributed by atoms with E-state index in [0.29, 0.717) is 5.69 Å². The number of ether oxygens (including phenoxy) is 1. The number of nitrogens with zero attached hydrogens (tertiary/aromatic N) is 3. The maximum Gasteiger partial charge on any atom is 0.311 e. The van der Waals surface area contributed by atoms with Crippen molar-refractivity contribution in [2.75, 3.05) is 7.11 Å². The van der Waals surface area contributed by atoms with E-state index in [4.69, 9.17) is 0 Å². The average Bonchev–Trinajstić information content (AvgIpc) is 3.01. The van der Waals surface area contributed by atoms with Crippen molar-refractivity contribution in [2.24, 2.45) is 11.0 Å². The van der Waals surface area contributed by atoms with Crippen molar-refractivity contribution in [2.45, 2.75) is 33.6 Å². The summed E-state index contributed by atoms with van der Waals surface area (Å²) in [5.74, 6) is -0.739. The van der Waals surface area contributed by atoms with Gasteiger partial charge in [-0.1, -0.05) is 13.8 Å². The standard InChI is InChI=1S/C19H23N5O6/c1-11(2)9-16(25)21-20-12(3)18-15(10-17(26)30-4)22-23(19(18)27)13-5-7-14(8-6-13)24(28)29/h5-8,11,22H,9-10H2,1-4H3,(H,21,25). The molecule has 1 heterocycles. The summed E-state index contributed by atoms with van der Waals surface area (Å²) in [4.78, 5) is 46.9. The number of hydrogen-bond acceptors (Lipinski definition) is 7.